The lowest BCUT2D eigenvalue weighted by Gasteiger charge is -2.37. The Hall–Kier alpha value is -1.49. The Labute approximate surface area is 130 Å². The van der Waals surface area contributed by atoms with Crippen LogP contribution in [0.5, 0.6) is 0 Å². The summed E-state index contributed by atoms with van der Waals surface area (Å²) in [7, 11) is 0. The van der Waals surface area contributed by atoms with Crippen molar-refractivity contribution in [2.45, 2.75) is 38.6 Å². The van der Waals surface area contributed by atoms with Crippen molar-refractivity contribution in [3.63, 3.8) is 0 Å². The van der Waals surface area contributed by atoms with Gasteiger partial charge in [-0.1, -0.05) is 19.1 Å². The van der Waals surface area contributed by atoms with Gasteiger partial charge in [-0.05, 0) is 24.6 Å². The molecule has 0 radical (unpaired) electrons. The molecule has 0 aromatic heterocycles. The molecule has 2 rings (SSSR count). The fraction of sp³-hybridized carbons (Fsp3) is 0.500. The summed E-state index contributed by atoms with van der Waals surface area (Å²) in [6, 6.07) is 7.75. The van der Waals surface area contributed by atoms with Crippen LogP contribution < -0.4 is 5.32 Å². The van der Waals surface area contributed by atoms with E-state index in [9.17, 15) is 9.59 Å². The third-order valence-electron chi connectivity index (χ3n) is 3.89. The predicted octanol–water partition coefficient (Wildman–Crippen LogP) is 2.29. The molecule has 5 heteroatoms. The minimum absolute atomic E-state index is 0.0521. The van der Waals surface area contributed by atoms with Crippen LogP contribution in [0, 0.1) is 0 Å². The molecule has 2 atom stereocenters. The Morgan fingerprint density at radius 3 is 2.57 bits per heavy atom. The number of hydrogen-bond acceptors (Lipinski definition) is 3. The summed E-state index contributed by atoms with van der Waals surface area (Å²) in [4.78, 5) is 25.4. The lowest BCUT2D eigenvalue weighted by atomic mass is 10.1. The molecule has 114 valence electrons. The van der Waals surface area contributed by atoms with Gasteiger partial charge in [0.05, 0.1) is 0 Å². The van der Waals surface area contributed by atoms with Gasteiger partial charge in [0.1, 0.15) is 0 Å². The summed E-state index contributed by atoms with van der Waals surface area (Å²) >= 11 is 1.92. The third kappa shape index (κ3) is 4.00. The molecule has 0 aliphatic carbocycles. The van der Waals surface area contributed by atoms with Crippen LogP contribution in [-0.2, 0) is 11.3 Å². The maximum Gasteiger partial charge on any atom is 0.254 e. The number of nitrogens with one attached hydrogen (secondary N) is 1. The molecule has 0 spiro atoms. The lowest BCUT2D eigenvalue weighted by molar-refractivity contribution is -0.119. The van der Waals surface area contributed by atoms with Crippen molar-refractivity contribution in [1.29, 1.82) is 0 Å². The monoisotopic (exact) mass is 306 g/mol. The van der Waals surface area contributed by atoms with Gasteiger partial charge < -0.3 is 10.2 Å². The van der Waals surface area contributed by atoms with Crippen molar-refractivity contribution in [3.8, 4) is 0 Å². The number of benzene rings is 1. The number of carbonyl (C=O) groups is 2. The molecule has 1 saturated heterocycles. The van der Waals surface area contributed by atoms with Gasteiger partial charge in [-0.15, -0.1) is 0 Å². The number of rotatable bonds is 3. The molecule has 0 saturated carbocycles. The van der Waals surface area contributed by atoms with Crippen molar-refractivity contribution in [2.75, 3.05) is 12.3 Å². The van der Waals surface area contributed by atoms with Crippen LogP contribution in [0.1, 0.15) is 36.7 Å². The second kappa shape index (κ2) is 6.98. The molecule has 2 unspecified atom stereocenters. The zero-order valence-electron chi connectivity index (χ0n) is 12.8. The summed E-state index contributed by atoms with van der Waals surface area (Å²) in [6.07, 6.45) is 0. The van der Waals surface area contributed by atoms with Gasteiger partial charge in [0.2, 0.25) is 5.91 Å². The normalized spacial score (nSPS) is 22.0. The van der Waals surface area contributed by atoms with Crippen LogP contribution in [0.15, 0.2) is 24.3 Å². The highest BCUT2D eigenvalue weighted by Gasteiger charge is 2.29. The van der Waals surface area contributed by atoms with E-state index in [1.54, 1.807) is 0 Å². The number of nitrogens with zero attached hydrogens (tertiary/aromatic N) is 1. The minimum atomic E-state index is -0.0521. The van der Waals surface area contributed by atoms with Crippen LogP contribution in [-0.4, -0.2) is 40.3 Å². The Bertz CT molecular complexity index is 516. The molecule has 1 N–H and O–H groups in total. The average Bonchev–Trinajstić information content (AvgIpc) is 2.48. The molecule has 21 heavy (non-hydrogen) atoms. The summed E-state index contributed by atoms with van der Waals surface area (Å²) in [6.45, 7) is 7.08. The molecule has 1 aromatic rings. The number of carbonyl (C=O) groups excluding carboxylic acids is 2. The molecule has 4 nitrogen and oxygen atoms in total. The van der Waals surface area contributed by atoms with E-state index in [2.05, 4.69) is 19.2 Å². The lowest BCUT2D eigenvalue weighted by Crippen LogP contribution is -2.47. The summed E-state index contributed by atoms with van der Waals surface area (Å²) in [5.74, 6) is 1.04. The highest BCUT2D eigenvalue weighted by atomic mass is 32.2. The van der Waals surface area contributed by atoms with E-state index in [0.29, 0.717) is 17.4 Å². The summed E-state index contributed by atoms with van der Waals surface area (Å²) in [5.41, 5.74) is 1.71. The van der Waals surface area contributed by atoms with Crippen molar-refractivity contribution in [1.82, 2.24) is 10.2 Å². The molecular weight excluding hydrogens is 284 g/mol. The highest BCUT2D eigenvalue weighted by molar-refractivity contribution is 8.00. The summed E-state index contributed by atoms with van der Waals surface area (Å²) in [5, 5.41) is 3.22. The topological polar surface area (TPSA) is 49.4 Å². The SMILES string of the molecule is CC(=O)NCc1ccc(C(=O)N2CCSC(C)C2C)cc1. The Balaban J connectivity index is 2.04. The van der Waals surface area contributed by atoms with E-state index >= 15 is 0 Å². The molecule has 0 bridgehead atoms. The van der Waals surface area contributed by atoms with E-state index in [4.69, 9.17) is 0 Å². The van der Waals surface area contributed by atoms with Crippen molar-refractivity contribution >= 4 is 23.6 Å². The van der Waals surface area contributed by atoms with Crippen LogP contribution in [0.2, 0.25) is 0 Å². The number of thioether (sulfide) groups is 1. The van der Waals surface area contributed by atoms with Crippen LogP contribution in [0.4, 0.5) is 0 Å². The Morgan fingerprint density at radius 1 is 1.29 bits per heavy atom. The first kappa shape index (κ1) is 15.9. The van der Waals surface area contributed by atoms with Crippen molar-refractivity contribution in [3.05, 3.63) is 35.4 Å². The molecule has 1 aromatic carbocycles. The Kier molecular flexibility index (Phi) is 5.28. The van der Waals surface area contributed by atoms with Gasteiger partial charge >= 0.3 is 0 Å². The molecule has 1 aliphatic heterocycles. The second-order valence-electron chi connectivity index (χ2n) is 5.42. The molecule has 1 aliphatic rings. The van der Waals surface area contributed by atoms with E-state index in [1.165, 1.54) is 6.92 Å². The van der Waals surface area contributed by atoms with Crippen molar-refractivity contribution < 1.29 is 9.59 Å². The first-order valence-corrected chi connectivity index (χ1v) is 8.30. The van der Waals surface area contributed by atoms with Gasteiger partial charge in [-0.2, -0.15) is 11.8 Å². The Morgan fingerprint density at radius 2 is 1.95 bits per heavy atom. The predicted molar refractivity (Wildman–Crippen MR) is 86.4 cm³/mol. The van der Waals surface area contributed by atoms with Gasteiger partial charge in [0.25, 0.3) is 5.91 Å². The molecule has 1 heterocycles. The number of amides is 2. The first-order valence-electron chi connectivity index (χ1n) is 7.25. The maximum atomic E-state index is 12.6. The molecular formula is C16H22N2O2S. The number of hydrogen-bond donors (Lipinski definition) is 1. The van der Waals surface area contributed by atoms with E-state index in [-0.39, 0.29) is 17.9 Å². The molecule has 1 fully saturated rings. The first-order chi connectivity index (χ1) is 9.99. The summed E-state index contributed by atoms with van der Waals surface area (Å²) < 4.78 is 0. The second-order valence-corrected chi connectivity index (χ2v) is 6.91. The van der Waals surface area contributed by atoms with Crippen molar-refractivity contribution in [2.24, 2.45) is 0 Å². The van der Waals surface area contributed by atoms with Gasteiger partial charge in [-0.25, -0.2) is 0 Å². The van der Waals surface area contributed by atoms with Gasteiger partial charge in [0, 0.05) is 42.6 Å². The largest absolute Gasteiger partial charge is 0.352 e. The zero-order chi connectivity index (χ0) is 15.4. The van der Waals surface area contributed by atoms with Gasteiger partial charge in [-0.3, -0.25) is 9.59 Å². The van der Waals surface area contributed by atoms with E-state index in [0.717, 1.165) is 17.9 Å². The average molecular weight is 306 g/mol. The quantitative estimate of drug-likeness (QED) is 0.932. The zero-order valence-corrected chi connectivity index (χ0v) is 13.6. The van der Waals surface area contributed by atoms with Crippen LogP contribution in [0.25, 0.3) is 0 Å². The standard InChI is InChI=1S/C16H22N2O2S/c1-11-12(2)21-9-8-18(11)16(20)15-6-4-14(5-7-15)10-17-13(3)19/h4-7,11-12H,8-10H2,1-3H3,(H,17,19). The minimum Gasteiger partial charge on any atom is -0.352 e. The maximum absolute atomic E-state index is 12.6. The van der Waals surface area contributed by atoms with Gasteiger partial charge in [0.15, 0.2) is 0 Å². The van der Waals surface area contributed by atoms with E-state index in [1.807, 2.05) is 40.9 Å². The fourth-order valence-electron chi connectivity index (χ4n) is 2.38. The molecule has 2 amide bonds. The smallest absolute Gasteiger partial charge is 0.254 e. The van der Waals surface area contributed by atoms with Crippen LogP contribution >= 0.6 is 11.8 Å². The fourth-order valence-corrected chi connectivity index (χ4v) is 3.48. The third-order valence-corrected chi connectivity index (χ3v) is 5.23. The highest BCUT2D eigenvalue weighted by Crippen LogP contribution is 2.25. The van der Waals surface area contributed by atoms with Crippen LogP contribution in [0.3, 0.4) is 0 Å². The van der Waals surface area contributed by atoms with E-state index < -0.39 is 0 Å².